The molecule has 0 spiro atoms. The van der Waals surface area contributed by atoms with Crippen LogP contribution >= 0.6 is 0 Å². The van der Waals surface area contributed by atoms with Gasteiger partial charge in [-0.2, -0.15) is 0 Å². The van der Waals surface area contributed by atoms with Crippen LogP contribution < -0.4 is 0 Å². The van der Waals surface area contributed by atoms with Gasteiger partial charge < -0.3 is 14.2 Å². The van der Waals surface area contributed by atoms with Crippen molar-refractivity contribution >= 4 is 17.9 Å². The Hall–Kier alpha value is -3.93. The van der Waals surface area contributed by atoms with Crippen LogP contribution in [-0.2, 0) is 28.6 Å². The molecule has 0 aliphatic rings. The first-order valence-corrected chi connectivity index (χ1v) is 35.4. The second-order valence-corrected chi connectivity index (χ2v) is 23.4. The number of carbonyl (C=O) groups excluding carboxylic acids is 3. The number of rotatable bonds is 64. The molecule has 476 valence electrons. The molecule has 83 heavy (non-hydrogen) atoms. The predicted molar refractivity (Wildman–Crippen MR) is 362 cm³/mol. The number of ether oxygens (including phenoxy) is 3. The van der Waals surface area contributed by atoms with Crippen LogP contribution in [0, 0.1) is 0 Å². The standard InChI is InChI=1S/C77H132O6/c1-4-7-10-13-16-19-22-24-26-28-30-32-34-36-38-40-42-44-46-48-50-52-55-58-61-64-67-70-76(79)82-73-74(72-81-75(78)69-66-63-60-57-54-21-18-15-12-9-6-3)83-77(80)71-68-65-62-59-56-53-51-49-47-45-43-41-39-37-35-33-31-29-27-25-23-20-17-14-11-8-5-2/h7-8,10-11,16-17,19-20,24-27,30-33,36,38,74H,4-6,9,12-15,18,21-23,28-29,34-35,37,39-73H2,1-3H3/b10-7-,11-8-,19-16-,20-17-,26-24-,27-25-,32-30-,33-31-,38-36-. The minimum absolute atomic E-state index is 0.0752. The zero-order valence-corrected chi connectivity index (χ0v) is 54.7. The van der Waals surface area contributed by atoms with E-state index in [-0.39, 0.29) is 31.1 Å². The zero-order valence-electron chi connectivity index (χ0n) is 54.7. The minimum atomic E-state index is -0.779. The fraction of sp³-hybridized carbons (Fsp3) is 0.727. The summed E-state index contributed by atoms with van der Waals surface area (Å²) in [5, 5.41) is 0. The average Bonchev–Trinajstić information content (AvgIpc) is 3.48. The molecule has 0 saturated carbocycles. The van der Waals surface area contributed by atoms with Crippen molar-refractivity contribution in [1.29, 1.82) is 0 Å². The summed E-state index contributed by atoms with van der Waals surface area (Å²) in [5.74, 6) is -0.865. The molecule has 0 saturated heterocycles. The summed E-state index contributed by atoms with van der Waals surface area (Å²) in [4.78, 5) is 38.4. The van der Waals surface area contributed by atoms with Crippen molar-refractivity contribution in [2.75, 3.05) is 13.2 Å². The van der Waals surface area contributed by atoms with Crippen molar-refractivity contribution in [3.8, 4) is 0 Å². The molecular formula is C77H132O6. The highest BCUT2D eigenvalue weighted by molar-refractivity contribution is 5.71. The van der Waals surface area contributed by atoms with Gasteiger partial charge in [-0.25, -0.2) is 0 Å². The minimum Gasteiger partial charge on any atom is -0.462 e. The van der Waals surface area contributed by atoms with Crippen molar-refractivity contribution in [2.24, 2.45) is 0 Å². The first-order chi connectivity index (χ1) is 41.0. The number of hydrogen-bond donors (Lipinski definition) is 0. The van der Waals surface area contributed by atoms with Gasteiger partial charge in [-0.3, -0.25) is 14.4 Å². The molecule has 0 bridgehead atoms. The third-order valence-electron chi connectivity index (χ3n) is 15.3. The Balaban J connectivity index is 4.23. The van der Waals surface area contributed by atoms with Crippen LogP contribution in [0.2, 0.25) is 0 Å². The van der Waals surface area contributed by atoms with Crippen LogP contribution in [-0.4, -0.2) is 37.2 Å². The number of unbranched alkanes of at least 4 members (excludes halogenated alkanes) is 35. The van der Waals surface area contributed by atoms with E-state index in [0.717, 1.165) is 116 Å². The van der Waals surface area contributed by atoms with Crippen molar-refractivity contribution < 1.29 is 28.6 Å². The summed E-state index contributed by atoms with van der Waals surface area (Å²) in [6.07, 6.45) is 96.9. The maximum Gasteiger partial charge on any atom is 0.306 e. The topological polar surface area (TPSA) is 78.9 Å². The van der Waals surface area contributed by atoms with Crippen molar-refractivity contribution in [2.45, 2.75) is 348 Å². The number of esters is 3. The van der Waals surface area contributed by atoms with Gasteiger partial charge in [0.15, 0.2) is 6.10 Å². The Morgan fingerprint density at radius 1 is 0.253 bits per heavy atom. The van der Waals surface area contributed by atoms with Crippen LogP contribution in [0.3, 0.4) is 0 Å². The highest BCUT2D eigenvalue weighted by atomic mass is 16.6. The number of carbonyl (C=O) groups is 3. The summed E-state index contributed by atoms with van der Waals surface area (Å²) < 4.78 is 17.0. The molecule has 0 N–H and O–H groups in total. The predicted octanol–water partition coefficient (Wildman–Crippen LogP) is 24.6. The van der Waals surface area contributed by atoms with E-state index in [0.29, 0.717) is 19.3 Å². The van der Waals surface area contributed by atoms with Gasteiger partial charge >= 0.3 is 17.9 Å². The molecule has 1 atom stereocenters. The molecule has 0 aromatic heterocycles. The van der Waals surface area contributed by atoms with Crippen molar-refractivity contribution in [3.63, 3.8) is 0 Å². The summed E-state index contributed by atoms with van der Waals surface area (Å²) in [5.41, 5.74) is 0. The van der Waals surface area contributed by atoms with Crippen molar-refractivity contribution in [3.05, 3.63) is 109 Å². The maximum absolute atomic E-state index is 13.0. The lowest BCUT2D eigenvalue weighted by Crippen LogP contribution is -2.30. The Kier molecular flexibility index (Phi) is 67.2. The van der Waals surface area contributed by atoms with E-state index in [4.69, 9.17) is 14.2 Å². The first kappa shape index (κ1) is 79.1. The monoisotopic (exact) mass is 1150 g/mol. The van der Waals surface area contributed by atoms with Crippen molar-refractivity contribution in [1.82, 2.24) is 0 Å². The number of hydrogen-bond acceptors (Lipinski definition) is 6. The van der Waals surface area contributed by atoms with E-state index >= 15 is 0 Å². The molecular weight excluding hydrogens is 1020 g/mol. The van der Waals surface area contributed by atoms with Gasteiger partial charge in [-0.05, 0) is 103 Å². The van der Waals surface area contributed by atoms with Gasteiger partial charge in [-0.15, -0.1) is 0 Å². The molecule has 0 heterocycles. The van der Waals surface area contributed by atoms with E-state index in [1.54, 1.807) is 0 Å². The zero-order chi connectivity index (χ0) is 59.9. The third-order valence-corrected chi connectivity index (χ3v) is 15.3. The largest absolute Gasteiger partial charge is 0.462 e. The first-order valence-electron chi connectivity index (χ1n) is 35.4. The van der Waals surface area contributed by atoms with E-state index in [9.17, 15) is 14.4 Å². The Morgan fingerprint density at radius 2 is 0.470 bits per heavy atom. The average molecular weight is 1150 g/mol. The molecule has 6 nitrogen and oxygen atoms in total. The third kappa shape index (κ3) is 68.7. The van der Waals surface area contributed by atoms with Gasteiger partial charge in [0.05, 0.1) is 0 Å². The normalized spacial score (nSPS) is 12.8. The molecule has 6 heteroatoms. The smallest absolute Gasteiger partial charge is 0.306 e. The molecule has 0 amide bonds. The van der Waals surface area contributed by atoms with Gasteiger partial charge in [0.25, 0.3) is 0 Å². The lowest BCUT2D eigenvalue weighted by Gasteiger charge is -2.18. The highest BCUT2D eigenvalue weighted by Gasteiger charge is 2.19. The molecule has 0 fully saturated rings. The van der Waals surface area contributed by atoms with E-state index in [1.165, 1.54) is 186 Å². The molecule has 0 aromatic carbocycles. The van der Waals surface area contributed by atoms with E-state index in [1.807, 2.05) is 0 Å². The van der Waals surface area contributed by atoms with E-state index in [2.05, 4.69) is 130 Å². The Morgan fingerprint density at radius 3 is 0.735 bits per heavy atom. The van der Waals surface area contributed by atoms with Crippen LogP contribution in [0.4, 0.5) is 0 Å². The summed E-state index contributed by atoms with van der Waals surface area (Å²) in [7, 11) is 0. The SMILES string of the molecule is CC/C=C\C/C=C\C/C=C\C/C=C\C/C=C\CCCCCCCCCCCCCC(=O)OCC(COC(=O)CCCCCCCCCCCCC)OC(=O)CCCCCCCCCCCCCCCC/C=C\C/C=C\C/C=C\C/C=C\CC. The van der Waals surface area contributed by atoms with Gasteiger partial charge in [0.1, 0.15) is 13.2 Å². The Bertz CT molecular complexity index is 1660. The van der Waals surface area contributed by atoms with Crippen LogP contribution in [0.5, 0.6) is 0 Å². The van der Waals surface area contributed by atoms with Crippen LogP contribution in [0.15, 0.2) is 109 Å². The second-order valence-electron chi connectivity index (χ2n) is 23.4. The fourth-order valence-electron chi connectivity index (χ4n) is 10.1. The Labute approximate surface area is 514 Å². The van der Waals surface area contributed by atoms with Gasteiger partial charge in [-0.1, -0.05) is 329 Å². The lowest BCUT2D eigenvalue weighted by atomic mass is 10.0. The van der Waals surface area contributed by atoms with Gasteiger partial charge in [0.2, 0.25) is 0 Å². The molecule has 0 radical (unpaired) electrons. The van der Waals surface area contributed by atoms with E-state index < -0.39 is 6.10 Å². The fourth-order valence-corrected chi connectivity index (χ4v) is 10.1. The van der Waals surface area contributed by atoms with Gasteiger partial charge in [0, 0.05) is 19.3 Å². The summed E-state index contributed by atoms with van der Waals surface area (Å²) >= 11 is 0. The molecule has 0 aromatic rings. The highest BCUT2D eigenvalue weighted by Crippen LogP contribution is 2.17. The second kappa shape index (κ2) is 70.6. The lowest BCUT2D eigenvalue weighted by molar-refractivity contribution is -0.167. The summed E-state index contributed by atoms with van der Waals surface area (Å²) in [6, 6.07) is 0. The molecule has 0 aliphatic heterocycles. The van der Waals surface area contributed by atoms with Crippen LogP contribution in [0.1, 0.15) is 342 Å². The molecule has 0 aliphatic carbocycles. The quantitative estimate of drug-likeness (QED) is 0.0261. The molecule has 1 unspecified atom stereocenters. The molecule has 0 rings (SSSR count). The summed E-state index contributed by atoms with van der Waals surface area (Å²) in [6.45, 7) is 6.44. The van der Waals surface area contributed by atoms with Crippen LogP contribution in [0.25, 0.3) is 0 Å². The maximum atomic E-state index is 13.0. The number of allylic oxidation sites excluding steroid dienone is 18.